The zero-order chi connectivity index (χ0) is 17.2. The Morgan fingerprint density at radius 2 is 2.08 bits per heavy atom. The van der Waals surface area contributed by atoms with Gasteiger partial charge >= 0.3 is 0 Å². The van der Waals surface area contributed by atoms with E-state index in [-0.39, 0.29) is 10.5 Å². The Kier molecular flexibility index (Phi) is 4.28. The fraction of sp³-hybridized carbons (Fsp3) is 0.0667. The number of sulfonamides is 1. The molecule has 24 heavy (non-hydrogen) atoms. The Morgan fingerprint density at radius 3 is 2.79 bits per heavy atom. The maximum Gasteiger partial charge on any atom is 0.238 e. The molecular formula is C15H14FN5O2S. The predicted molar refractivity (Wildman–Crippen MR) is 86.9 cm³/mol. The number of anilines is 1. The van der Waals surface area contributed by atoms with Crippen LogP contribution in [-0.2, 0) is 16.6 Å². The van der Waals surface area contributed by atoms with Crippen molar-refractivity contribution in [2.24, 2.45) is 5.14 Å². The van der Waals surface area contributed by atoms with E-state index in [1.807, 2.05) is 0 Å². The monoisotopic (exact) mass is 347 g/mol. The van der Waals surface area contributed by atoms with Crippen molar-refractivity contribution in [1.29, 1.82) is 0 Å². The molecule has 0 aliphatic heterocycles. The Morgan fingerprint density at radius 1 is 1.25 bits per heavy atom. The SMILES string of the molecule is NS(=O)(=O)c1ccc(F)c(-c2cncc(NCc3ncc[nH]3)c2)c1. The molecule has 0 amide bonds. The van der Waals surface area contributed by atoms with Crippen LogP contribution in [0.5, 0.6) is 0 Å². The van der Waals surface area contributed by atoms with Crippen LogP contribution < -0.4 is 10.5 Å². The van der Waals surface area contributed by atoms with Crippen molar-refractivity contribution in [2.45, 2.75) is 11.4 Å². The summed E-state index contributed by atoms with van der Waals surface area (Å²) < 4.78 is 37.0. The normalized spacial score (nSPS) is 11.4. The highest BCUT2D eigenvalue weighted by Gasteiger charge is 2.13. The summed E-state index contributed by atoms with van der Waals surface area (Å²) >= 11 is 0. The minimum Gasteiger partial charge on any atom is -0.377 e. The van der Waals surface area contributed by atoms with Gasteiger partial charge in [-0.25, -0.2) is 22.9 Å². The van der Waals surface area contributed by atoms with Crippen molar-refractivity contribution in [1.82, 2.24) is 15.0 Å². The van der Waals surface area contributed by atoms with Gasteiger partial charge in [-0.15, -0.1) is 0 Å². The number of aromatic nitrogens is 3. The number of imidazole rings is 1. The molecule has 9 heteroatoms. The zero-order valence-corrected chi connectivity index (χ0v) is 13.2. The third-order valence-electron chi connectivity index (χ3n) is 3.33. The van der Waals surface area contributed by atoms with Crippen LogP contribution in [0.15, 0.2) is 53.9 Å². The quantitative estimate of drug-likeness (QED) is 0.652. The first kappa shape index (κ1) is 16.1. The van der Waals surface area contributed by atoms with Crippen molar-refractivity contribution in [2.75, 3.05) is 5.32 Å². The Bertz CT molecular complexity index is 958. The van der Waals surface area contributed by atoms with E-state index >= 15 is 0 Å². The van der Waals surface area contributed by atoms with Gasteiger partial charge in [0.2, 0.25) is 10.0 Å². The van der Waals surface area contributed by atoms with Crippen LogP contribution >= 0.6 is 0 Å². The molecule has 0 radical (unpaired) electrons. The first-order valence-electron chi connectivity index (χ1n) is 6.93. The molecule has 3 aromatic rings. The third-order valence-corrected chi connectivity index (χ3v) is 4.24. The summed E-state index contributed by atoms with van der Waals surface area (Å²) in [6, 6.07) is 5.05. The highest BCUT2D eigenvalue weighted by Crippen LogP contribution is 2.26. The summed E-state index contributed by atoms with van der Waals surface area (Å²) in [6.07, 6.45) is 6.37. The van der Waals surface area contributed by atoms with E-state index in [2.05, 4.69) is 20.3 Å². The topological polar surface area (TPSA) is 114 Å². The standard InChI is InChI=1S/C15H14FN5O2S/c16-14-2-1-12(24(17,22)23)6-13(14)10-5-11(8-18-7-10)21-9-15-19-3-4-20-15/h1-8,21H,9H2,(H,19,20)(H2,17,22,23). The van der Waals surface area contributed by atoms with E-state index in [1.54, 1.807) is 24.7 Å². The Hall–Kier alpha value is -2.78. The largest absolute Gasteiger partial charge is 0.377 e. The molecule has 0 atom stereocenters. The number of pyridine rings is 1. The van der Waals surface area contributed by atoms with E-state index in [1.165, 1.54) is 12.3 Å². The summed E-state index contributed by atoms with van der Waals surface area (Å²) in [7, 11) is -3.92. The van der Waals surface area contributed by atoms with Crippen LogP contribution in [0.3, 0.4) is 0 Å². The molecule has 0 unspecified atom stereocenters. The number of hydrogen-bond donors (Lipinski definition) is 3. The van der Waals surface area contributed by atoms with Gasteiger partial charge in [0.15, 0.2) is 0 Å². The first-order chi connectivity index (χ1) is 11.4. The molecule has 124 valence electrons. The molecule has 3 rings (SSSR count). The molecule has 7 nitrogen and oxygen atoms in total. The molecule has 2 aromatic heterocycles. The molecule has 0 aliphatic carbocycles. The minimum atomic E-state index is -3.92. The lowest BCUT2D eigenvalue weighted by Gasteiger charge is -2.09. The van der Waals surface area contributed by atoms with Gasteiger partial charge in [-0.2, -0.15) is 0 Å². The number of halogens is 1. The molecule has 2 heterocycles. The summed E-state index contributed by atoms with van der Waals surface area (Å²) in [6.45, 7) is 0.442. The molecule has 0 saturated carbocycles. The number of benzene rings is 1. The molecule has 1 aromatic carbocycles. The van der Waals surface area contributed by atoms with E-state index in [0.29, 0.717) is 17.8 Å². The number of nitrogens with zero attached hydrogens (tertiary/aromatic N) is 2. The van der Waals surface area contributed by atoms with Gasteiger partial charge in [0.05, 0.1) is 17.1 Å². The lowest BCUT2D eigenvalue weighted by atomic mass is 10.1. The van der Waals surface area contributed by atoms with Gasteiger partial charge in [0.1, 0.15) is 11.6 Å². The first-order valence-corrected chi connectivity index (χ1v) is 8.48. The van der Waals surface area contributed by atoms with Gasteiger partial charge < -0.3 is 10.3 Å². The average Bonchev–Trinajstić information content (AvgIpc) is 3.06. The summed E-state index contributed by atoms with van der Waals surface area (Å²) in [5, 5.41) is 8.20. The van der Waals surface area contributed by atoms with Crippen LogP contribution in [0, 0.1) is 5.82 Å². The maximum absolute atomic E-state index is 14.1. The molecule has 0 saturated heterocycles. The van der Waals surface area contributed by atoms with Crippen molar-refractivity contribution < 1.29 is 12.8 Å². The van der Waals surface area contributed by atoms with Crippen LogP contribution in [0.1, 0.15) is 5.82 Å². The Labute approximate surface area is 137 Å². The van der Waals surface area contributed by atoms with Crippen LogP contribution in [0.2, 0.25) is 0 Å². The lowest BCUT2D eigenvalue weighted by molar-refractivity contribution is 0.596. The summed E-state index contributed by atoms with van der Waals surface area (Å²) in [5.41, 5.74) is 1.18. The highest BCUT2D eigenvalue weighted by molar-refractivity contribution is 7.89. The third kappa shape index (κ3) is 3.58. The number of rotatable bonds is 5. The van der Waals surface area contributed by atoms with Gasteiger partial charge in [0, 0.05) is 35.9 Å². The number of primary sulfonamides is 1. The Balaban J connectivity index is 1.91. The summed E-state index contributed by atoms with van der Waals surface area (Å²) in [4.78, 5) is 10.9. The van der Waals surface area contributed by atoms with Crippen LogP contribution in [0.4, 0.5) is 10.1 Å². The molecule has 0 spiro atoms. The van der Waals surface area contributed by atoms with Crippen LogP contribution in [0.25, 0.3) is 11.1 Å². The molecule has 4 N–H and O–H groups in total. The fourth-order valence-electron chi connectivity index (χ4n) is 2.17. The average molecular weight is 347 g/mol. The maximum atomic E-state index is 14.1. The second kappa shape index (κ2) is 6.38. The van der Waals surface area contributed by atoms with E-state index in [9.17, 15) is 12.8 Å². The predicted octanol–water partition coefficient (Wildman–Crippen LogP) is 1.87. The molecule has 0 aliphatic rings. The van der Waals surface area contributed by atoms with E-state index in [0.717, 1.165) is 18.0 Å². The van der Waals surface area contributed by atoms with Gasteiger partial charge in [0.25, 0.3) is 0 Å². The second-order valence-corrected chi connectivity index (χ2v) is 6.60. The van der Waals surface area contributed by atoms with Crippen molar-refractivity contribution in [3.63, 3.8) is 0 Å². The van der Waals surface area contributed by atoms with E-state index < -0.39 is 15.8 Å². The number of hydrogen-bond acceptors (Lipinski definition) is 5. The van der Waals surface area contributed by atoms with Crippen molar-refractivity contribution in [3.8, 4) is 11.1 Å². The van der Waals surface area contributed by atoms with Gasteiger partial charge in [-0.3, -0.25) is 4.98 Å². The minimum absolute atomic E-state index is 0.107. The molecular weight excluding hydrogens is 333 g/mol. The molecule has 0 fully saturated rings. The van der Waals surface area contributed by atoms with Gasteiger partial charge in [-0.1, -0.05) is 0 Å². The highest BCUT2D eigenvalue weighted by atomic mass is 32.2. The fourth-order valence-corrected chi connectivity index (χ4v) is 2.71. The van der Waals surface area contributed by atoms with Gasteiger partial charge in [-0.05, 0) is 24.3 Å². The molecule has 0 bridgehead atoms. The number of aromatic amines is 1. The second-order valence-electron chi connectivity index (χ2n) is 5.04. The van der Waals surface area contributed by atoms with Crippen LogP contribution in [-0.4, -0.2) is 23.4 Å². The van der Waals surface area contributed by atoms with Crippen molar-refractivity contribution >= 4 is 15.7 Å². The number of nitrogens with one attached hydrogen (secondary N) is 2. The van der Waals surface area contributed by atoms with E-state index in [4.69, 9.17) is 5.14 Å². The zero-order valence-electron chi connectivity index (χ0n) is 12.4. The number of H-pyrrole nitrogens is 1. The lowest BCUT2D eigenvalue weighted by Crippen LogP contribution is -2.12. The smallest absolute Gasteiger partial charge is 0.238 e. The van der Waals surface area contributed by atoms with Crippen molar-refractivity contribution in [3.05, 3.63) is 60.7 Å². The number of nitrogens with two attached hydrogens (primary N) is 1. The summed E-state index contributed by atoms with van der Waals surface area (Å²) in [5.74, 6) is 0.176.